The Bertz CT molecular complexity index is 464. The number of likely N-dealkylation sites (N-methyl/N-ethyl adjacent to an activating group) is 1. The molecule has 1 aliphatic heterocycles. The summed E-state index contributed by atoms with van der Waals surface area (Å²) in [7, 11) is 0. The molecule has 1 unspecified atom stereocenters. The molecule has 0 radical (unpaired) electrons. The highest BCUT2D eigenvalue weighted by Gasteiger charge is 2.30. The molecule has 0 saturated carbocycles. The zero-order chi connectivity index (χ0) is 15.4. The Hall–Kier alpha value is -1.42. The van der Waals surface area contributed by atoms with E-state index in [1.54, 1.807) is 12.1 Å². The zero-order valence-corrected chi connectivity index (χ0v) is 13.2. The second kappa shape index (κ2) is 7.03. The molecule has 0 spiro atoms. The molecule has 1 heterocycles. The summed E-state index contributed by atoms with van der Waals surface area (Å²) in [5, 5.41) is 0. The predicted molar refractivity (Wildman–Crippen MR) is 82.7 cm³/mol. The van der Waals surface area contributed by atoms with Crippen molar-refractivity contribution in [3.63, 3.8) is 0 Å². The van der Waals surface area contributed by atoms with Crippen molar-refractivity contribution < 1.29 is 9.18 Å². The number of nitrogens with zero attached hydrogens (tertiary/aromatic N) is 2. The number of hydrogen-bond donors (Lipinski definition) is 0. The number of halogens is 1. The highest BCUT2D eigenvalue weighted by atomic mass is 19.1. The van der Waals surface area contributed by atoms with Crippen molar-refractivity contribution in [2.24, 2.45) is 5.92 Å². The summed E-state index contributed by atoms with van der Waals surface area (Å²) < 4.78 is 13.1. The number of rotatable bonds is 4. The summed E-state index contributed by atoms with van der Waals surface area (Å²) in [4.78, 5) is 17.1. The molecule has 21 heavy (non-hydrogen) atoms. The quantitative estimate of drug-likeness (QED) is 0.852. The summed E-state index contributed by atoms with van der Waals surface area (Å²) in [6.07, 6.45) is 0. The average molecular weight is 292 g/mol. The fourth-order valence-corrected chi connectivity index (χ4v) is 2.96. The lowest BCUT2D eigenvalue weighted by Crippen LogP contribution is -2.50. The number of hydrogen-bond acceptors (Lipinski definition) is 2. The van der Waals surface area contributed by atoms with Crippen LogP contribution in [0.3, 0.4) is 0 Å². The molecule has 1 fully saturated rings. The van der Waals surface area contributed by atoms with Gasteiger partial charge >= 0.3 is 0 Å². The second-order valence-electron chi connectivity index (χ2n) is 6.03. The summed E-state index contributed by atoms with van der Waals surface area (Å²) in [6.45, 7) is 10.7. The molecule has 1 saturated heterocycles. The van der Waals surface area contributed by atoms with Crippen LogP contribution >= 0.6 is 0 Å². The van der Waals surface area contributed by atoms with Crippen LogP contribution in [-0.4, -0.2) is 48.4 Å². The minimum atomic E-state index is -0.259. The number of benzene rings is 1. The van der Waals surface area contributed by atoms with Gasteiger partial charge < -0.3 is 9.80 Å². The van der Waals surface area contributed by atoms with Gasteiger partial charge in [0, 0.05) is 26.2 Å². The highest BCUT2D eigenvalue weighted by Crippen LogP contribution is 2.27. The van der Waals surface area contributed by atoms with Gasteiger partial charge in [-0.3, -0.25) is 4.79 Å². The summed E-state index contributed by atoms with van der Waals surface area (Å²) >= 11 is 0. The first-order valence-corrected chi connectivity index (χ1v) is 7.79. The fraction of sp³-hybridized carbons (Fsp3) is 0.588. The van der Waals surface area contributed by atoms with Crippen molar-refractivity contribution in [2.45, 2.75) is 26.7 Å². The lowest BCUT2D eigenvalue weighted by atomic mass is 9.87. The van der Waals surface area contributed by atoms with Crippen molar-refractivity contribution in [3.05, 3.63) is 35.6 Å². The molecule has 2 rings (SSSR count). The molecule has 1 aromatic carbocycles. The van der Waals surface area contributed by atoms with Gasteiger partial charge in [-0.2, -0.15) is 0 Å². The number of carbonyl (C=O) groups excluding carboxylic acids is 1. The minimum Gasteiger partial charge on any atom is -0.340 e. The van der Waals surface area contributed by atoms with Crippen molar-refractivity contribution in [3.8, 4) is 0 Å². The maximum absolute atomic E-state index is 13.1. The van der Waals surface area contributed by atoms with Crippen LogP contribution in [0.1, 0.15) is 32.3 Å². The third-order valence-corrected chi connectivity index (χ3v) is 4.29. The lowest BCUT2D eigenvalue weighted by molar-refractivity contribution is -0.135. The number of carbonyl (C=O) groups is 1. The van der Waals surface area contributed by atoms with Gasteiger partial charge in [0.05, 0.1) is 5.92 Å². The van der Waals surface area contributed by atoms with Crippen molar-refractivity contribution in [2.75, 3.05) is 32.7 Å². The SMILES string of the molecule is CCN1CCN(C(=O)C(c2ccc(F)cc2)C(C)C)CC1. The molecule has 1 amide bonds. The lowest BCUT2D eigenvalue weighted by Gasteiger charge is -2.36. The molecule has 116 valence electrons. The standard InChI is InChI=1S/C17H25FN2O/c1-4-19-9-11-20(12-10-19)17(21)16(13(2)3)14-5-7-15(18)8-6-14/h5-8,13,16H,4,9-12H2,1-3H3. The molecule has 0 aromatic heterocycles. The van der Waals surface area contributed by atoms with E-state index in [9.17, 15) is 9.18 Å². The van der Waals surface area contributed by atoms with Crippen LogP contribution in [0.4, 0.5) is 4.39 Å². The van der Waals surface area contributed by atoms with E-state index in [1.807, 2.05) is 18.7 Å². The normalized spacial score (nSPS) is 18.0. The monoisotopic (exact) mass is 292 g/mol. The van der Waals surface area contributed by atoms with E-state index in [-0.39, 0.29) is 23.6 Å². The summed E-state index contributed by atoms with van der Waals surface area (Å²) in [5.74, 6) is -0.0661. The Labute approximate surface area is 126 Å². The van der Waals surface area contributed by atoms with E-state index < -0.39 is 0 Å². The Morgan fingerprint density at radius 2 is 1.71 bits per heavy atom. The van der Waals surface area contributed by atoms with E-state index in [0.717, 1.165) is 38.3 Å². The van der Waals surface area contributed by atoms with E-state index in [0.29, 0.717) is 0 Å². The van der Waals surface area contributed by atoms with E-state index in [1.165, 1.54) is 12.1 Å². The molecule has 1 aromatic rings. The number of amides is 1. The van der Waals surface area contributed by atoms with Gasteiger partial charge in [-0.1, -0.05) is 32.9 Å². The molecule has 4 heteroatoms. The van der Waals surface area contributed by atoms with Gasteiger partial charge in [0.25, 0.3) is 0 Å². The molecular formula is C17H25FN2O. The van der Waals surface area contributed by atoms with Crippen LogP contribution in [0.15, 0.2) is 24.3 Å². The van der Waals surface area contributed by atoms with Crippen molar-refractivity contribution >= 4 is 5.91 Å². The fourth-order valence-electron chi connectivity index (χ4n) is 2.96. The third kappa shape index (κ3) is 3.82. The first-order chi connectivity index (χ1) is 10.0. The molecule has 1 aliphatic rings. The maximum atomic E-state index is 13.1. The van der Waals surface area contributed by atoms with Crippen LogP contribution in [0, 0.1) is 11.7 Å². The minimum absolute atomic E-state index is 0.173. The van der Waals surface area contributed by atoms with Crippen LogP contribution < -0.4 is 0 Å². The van der Waals surface area contributed by atoms with Crippen LogP contribution in [0.2, 0.25) is 0 Å². The first-order valence-electron chi connectivity index (χ1n) is 7.79. The van der Waals surface area contributed by atoms with Gasteiger partial charge in [-0.25, -0.2) is 4.39 Å². The topological polar surface area (TPSA) is 23.6 Å². The molecule has 0 N–H and O–H groups in total. The Morgan fingerprint density at radius 1 is 1.14 bits per heavy atom. The van der Waals surface area contributed by atoms with Gasteiger partial charge in [-0.15, -0.1) is 0 Å². The van der Waals surface area contributed by atoms with E-state index in [4.69, 9.17) is 0 Å². The van der Waals surface area contributed by atoms with Crippen molar-refractivity contribution in [1.29, 1.82) is 0 Å². The van der Waals surface area contributed by atoms with E-state index in [2.05, 4.69) is 11.8 Å². The Balaban J connectivity index is 2.11. The maximum Gasteiger partial charge on any atom is 0.230 e. The average Bonchev–Trinajstić information content (AvgIpc) is 2.49. The zero-order valence-electron chi connectivity index (χ0n) is 13.2. The van der Waals surface area contributed by atoms with Crippen LogP contribution in [-0.2, 0) is 4.79 Å². The highest BCUT2D eigenvalue weighted by molar-refractivity contribution is 5.84. The third-order valence-electron chi connectivity index (χ3n) is 4.29. The van der Waals surface area contributed by atoms with E-state index >= 15 is 0 Å². The molecular weight excluding hydrogens is 267 g/mol. The van der Waals surface area contributed by atoms with Gasteiger partial charge in [0.1, 0.15) is 5.82 Å². The second-order valence-corrected chi connectivity index (χ2v) is 6.03. The van der Waals surface area contributed by atoms with Crippen molar-refractivity contribution in [1.82, 2.24) is 9.80 Å². The smallest absolute Gasteiger partial charge is 0.230 e. The molecule has 0 bridgehead atoms. The van der Waals surface area contributed by atoms with Gasteiger partial charge in [-0.05, 0) is 30.2 Å². The first kappa shape index (κ1) is 16.0. The molecule has 3 nitrogen and oxygen atoms in total. The largest absolute Gasteiger partial charge is 0.340 e. The van der Waals surface area contributed by atoms with Crippen LogP contribution in [0.5, 0.6) is 0 Å². The summed E-state index contributed by atoms with van der Waals surface area (Å²) in [6, 6.07) is 6.35. The van der Waals surface area contributed by atoms with Gasteiger partial charge in [0.15, 0.2) is 0 Å². The number of piperazine rings is 1. The van der Waals surface area contributed by atoms with Crippen LogP contribution in [0.25, 0.3) is 0 Å². The summed E-state index contributed by atoms with van der Waals surface area (Å²) in [5.41, 5.74) is 0.911. The molecule has 1 atom stereocenters. The van der Waals surface area contributed by atoms with Gasteiger partial charge in [0.2, 0.25) is 5.91 Å². The Morgan fingerprint density at radius 3 is 2.19 bits per heavy atom. The molecule has 0 aliphatic carbocycles. The Kier molecular flexibility index (Phi) is 5.34. The predicted octanol–water partition coefficient (Wildman–Crippen LogP) is 2.73.